The second-order valence-electron chi connectivity index (χ2n) is 5.87. The lowest BCUT2D eigenvalue weighted by Gasteiger charge is -2.33. The minimum atomic E-state index is -3.24. The third-order valence-electron chi connectivity index (χ3n) is 3.36. The van der Waals surface area contributed by atoms with Crippen molar-refractivity contribution in [2.45, 2.75) is 51.3 Å². The van der Waals surface area contributed by atoms with E-state index in [2.05, 4.69) is 41.4 Å². The van der Waals surface area contributed by atoms with Gasteiger partial charge in [-0.2, -0.15) is 0 Å². The average Bonchev–Trinajstić information content (AvgIpc) is 2.28. The summed E-state index contributed by atoms with van der Waals surface area (Å²) in [5.74, 6) is 0. The van der Waals surface area contributed by atoms with Gasteiger partial charge in [-0.1, -0.05) is 36.7 Å². The lowest BCUT2D eigenvalue weighted by molar-refractivity contribution is 0.0979. The molecule has 1 unspecified atom stereocenters. The Morgan fingerprint density at radius 1 is 1.33 bits per heavy atom. The number of alkyl halides is 1. The smallest absolute Gasteiger partial charge is 0.214 e. The van der Waals surface area contributed by atoms with Crippen LogP contribution in [0.2, 0.25) is 0 Å². The summed E-state index contributed by atoms with van der Waals surface area (Å²) < 4.78 is 32.8. The lowest BCUT2D eigenvalue weighted by atomic mass is 9.86. The highest BCUT2D eigenvalue weighted by molar-refractivity contribution is 9.09. The molecule has 1 atom stereocenters. The van der Waals surface area contributed by atoms with Gasteiger partial charge in [-0.15, -0.1) is 0 Å². The Bertz CT molecular complexity index is 345. The Labute approximate surface area is 119 Å². The predicted octanol–water partition coefficient (Wildman–Crippen LogP) is 2.28. The van der Waals surface area contributed by atoms with Gasteiger partial charge in [0.2, 0.25) is 10.0 Å². The van der Waals surface area contributed by atoms with Gasteiger partial charge in [-0.3, -0.25) is 0 Å². The monoisotopic (exact) mass is 341 g/mol. The fourth-order valence-corrected chi connectivity index (χ4v) is 4.39. The van der Waals surface area contributed by atoms with Gasteiger partial charge < -0.3 is 4.74 Å². The number of ether oxygens (including phenoxy) is 1. The molecular formula is C12H24BrNO3S. The highest BCUT2D eigenvalue weighted by Gasteiger charge is 2.33. The van der Waals surface area contributed by atoms with Gasteiger partial charge >= 0.3 is 0 Å². The summed E-state index contributed by atoms with van der Waals surface area (Å²) in [5.41, 5.74) is -0.0774. The molecule has 0 aromatic carbocycles. The van der Waals surface area contributed by atoms with Crippen molar-refractivity contribution in [3.05, 3.63) is 0 Å². The van der Waals surface area contributed by atoms with Crippen molar-refractivity contribution >= 4 is 26.0 Å². The van der Waals surface area contributed by atoms with E-state index in [9.17, 15) is 8.42 Å². The van der Waals surface area contributed by atoms with Crippen LogP contribution in [0.4, 0.5) is 0 Å². The maximum Gasteiger partial charge on any atom is 0.214 e. The molecule has 0 radical (unpaired) electrons. The van der Waals surface area contributed by atoms with Crippen molar-refractivity contribution in [2.24, 2.45) is 5.41 Å². The topological polar surface area (TPSA) is 55.4 Å². The molecule has 0 spiro atoms. The van der Waals surface area contributed by atoms with Crippen LogP contribution in [-0.4, -0.2) is 38.3 Å². The Kier molecular flexibility index (Phi) is 6.09. The Morgan fingerprint density at radius 2 is 1.89 bits per heavy atom. The molecular weight excluding hydrogens is 318 g/mol. The third-order valence-corrected chi connectivity index (χ3v) is 5.78. The maximum absolute atomic E-state index is 12.3. The van der Waals surface area contributed by atoms with Crippen molar-refractivity contribution in [2.75, 3.05) is 18.5 Å². The first-order valence-corrected chi connectivity index (χ1v) is 9.09. The highest BCUT2D eigenvalue weighted by Crippen LogP contribution is 2.25. The fourth-order valence-electron chi connectivity index (χ4n) is 2.06. The molecule has 4 nitrogen and oxygen atoms in total. The summed E-state index contributed by atoms with van der Waals surface area (Å²) in [6.07, 6.45) is 1.99. The fraction of sp³-hybridized carbons (Fsp3) is 1.00. The van der Waals surface area contributed by atoms with E-state index in [1.54, 1.807) is 0 Å². The number of hydrogen-bond donors (Lipinski definition) is 1. The Morgan fingerprint density at radius 3 is 2.33 bits per heavy atom. The van der Waals surface area contributed by atoms with E-state index in [0.29, 0.717) is 26.1 Å². The second-order valence-corrected chi connectivity index (χ2v) is 8.66. The highest BCUT2D eigenvalue weighted by atomic mass is 79.9. The SMILES string of the molecule is CC(C)(C)C(CCBr)NS(=O)(=O)C1CCOCC1. The van der Waals surface area contributed by atoms with Crippen LogP contribution >= 0.6 is 15.9 Å². The quantitative estimate of drug-likeness (QED) is 0.780. The number of halogens is 1. The molecule has 108 valence electrons. The molecule has 0 aromatic heterocycles. The first-order chi connectivity index (χ1) is 8.27. The van der Waals surface area contributed by atoms with Gasteiger partial charge in [0, 0.05) is 24.6 Å². The number of hydrogen-bond acceptors (Lipinski definition) is 3. The van der Waals surface area contributed by atoms with Crippen LogP contribution in [0.3, 0.4) is 0 Å². The van der Waals surface area contributed by atoms with Crippen LogP contribution < -0.4 is 4.72 Å². The van der Waals surface area contributed by atoms with E-state index in [-0.39, 0.29) is 16.7 Å². The van der Waals surface area contributed by atoms with Crippen molar-refractivity contribution in [3.63, 3.8) is 0 Å². The molecule has 18 heavy (non-hydrogen) atoms. The molecule has 1 heterocycles. The van der Waals surface area contributed by atoms with Gasteiger partial charge in [-0.25, -0.2) is 13.1 Å². The number of nitrogens with one attached hydrogen (secondary N) is 1. The molecule has 1 N–H and O–H groups in total. The Balaban J connectivity index is 2.72. The molecule has 1 aliphatic heterocycles. The molecule has 0 aliphatic carbocycles. The summed E-state index contributed by atoms with van der Waals surface area (Å²) in [4.78, 5) is 0. The van der Waals surface area contributed by atoms with Gasteiger partial charge in [0.25, 0.3) is 0 Å². The average molecular weight is 342 g/mol. The van der Waals surface area contributed by atoms with E-state index in [4.69, 9.17) is 4.74 Å². The standard InChI is InChI=1S/C12H24BrNO3S/c1-12(2,3)11(4-7-13)14-18(15,16)10-5-8-17-9-6-10/h10-11,14H,4-9H2,1-3H3. The normalized spacial score (nSPS) is 20.9. The first kappa shape index (κ1) is 16.4. The zero-order valence-electron chi connectivity index (χ0n) is 11.4. The van der Waals surface area contributed by atoms with Gasteiger partial charge in [0.05, 0.1) is 5.25 Å². The summed E-state index contributed by atoms with van der Waals surface area (Å²) in [5, 5.41) is 0.497. The summed E-state index contributed by atoms with van der Waals surface area (Å²) >= 11 is 3.39. The van der Waals surface area contributed by atoms with Crippen LogP contribution in [0.25, 0.3) is 0 Å². The van der Waals surface area contributed by atoms with Crippen molar-refractivity contribution in [3.8, 4) is 0 Å². The zero-order valence-corrected chi connectivity index (χ0v) is 13.8. The van der Waals surface area contributed by atoms with Crippen LogP contribution in [0.15, 0.2) is 0 Å². The molecule has 1 fully saturated rings. The van der Waals surface area contributed by atoms with E-state index in [0.717, 1.165) is 11.8 Å². The maximum atomic E-state index is 12.3. The lowest BCUT2D eigenvalue weighted by Crippen LogP contribution is -2.48. The van der Waals surface area contributed by atoms with Crippen LogP contribution in [0, 0.1) is 5.41 Å². The summed E-state index contributed by atoms with van der Waals surface area (Å²) in [6.45, 7) is 7.28. The van der Waals surface area contributed by atoms with E-state index >= 15 is 0 Å². The van der Waals surface area contributed by atoms with Gasteiger partial charge in [-0.05, 0) is 24.7 Å². The third kappa shape index (κ3) is 4.79. The van der Waals surface area contributed by atoms with Gasteiger partial charge in [0.1, 0.15) is 0 Å². The van der Waals surface area contributed by atoms with Gasteiger partial charge in [0.15, 0.2) is 0 Å². The van der Waals surface area contributed by atoms with E-state index in [1.807, 2.05) is 0 Å². The second kappa shape index (κ2) is 6.68. The Hall–Kier alpha value is 0.350. The first-order valence-electron chi connectivity index (χ1n) is 6.42. The predicted molar refractivity (Wildman–Crippen MR) is 77.6 cm³/mol. The van der Waals surface area contributed by atoms with Crippen LogP contribution in [-0.2, 0) is 14.8 Å². The molecule has 0 aromatic rings. The zero-order chi connectivity index (χ0) is 13.8. The summed E-state index contributed by atoms with van der Waals surface area (Å²) in [7, 11) is -3.24. The molecule has 0 bridgehead atoms. The van der Waals surface area contributed by atoms with Crippen molar-refractivity contribution < 1.29 is 13.2 Å². The molecule has 0 saturated carbocycles. The largest absolute Gasteiger partial charge is 0.381 e. The molecule has 1 saturated heterocycles. The minimum Gasteiger partial charge on any atom is -0.381 e. The molecule has 1 aliphatic rings. The minimum absolute atomic E-state index is 0.0373. The van der Waals surface area contributed by atoms with Crippen LogP contribution in [0.5, 0.6) is 0 Å². The number of rotatable bonds is 5. The molecule has 0 amide bonds. The van der Waals surface area contributed by atoms with E-state index < -0.39 is 10.0 Å². The van der Waals surface area contributed by atoms with Crippen molar-refractivity contribution in [1.29, 1.82) is 0 Å². The summed E-state index contributed by atoms with van der Waals surface area (Å²) in [6, 6.07) is -0.0373. The number of sulfonamides is 1. The molecule has 1 rings (SSSR count). The van der Waals surface area contributed by atoms with E-state index in [1.165, 1.54) is 0 Å². The van der Waals surface area contributed by atoms with Crippen LogP contribution in [0.1, 0.15) is 40.0 Å². The van der Waals surface area contributed by atoms with Crippen molar-refractivity contribution in [1.82, 2.24) is 4.72 Å². The molecule has 6 heteroatoms.